The van der Waals surface area contributed by atoms with Gasteiger partial charge in [-0.1, -0.05) is 91.0 Å². The first-order valence-corrected chi connectivity index (χ1v) is 20.0. The van der Waals surface area contributed by atoms with Crippen LogP contribution < -0.4 is 0 Å². The Morgan fingerprint density at radius 2 is 0.408 bits per heavy atom. The molecule has 0 unspecified atom stereocenters. The van der Waals surface area contributed by atoms with Crippen LogP contribution in [0.25, 0.3) is 54.5 Å². The maximum atomic E-state index is 10.6. The molecule has 1 radical (unpaired) electrons. The number of hydrogen-bond acceptors (Lipinski definition) is 15. The standard InChI is InChI=1S/5C10H7NO3.Nb/c5*12-8-5-6-3-1-2-4-7(6)11-9(8)10(13)14;/h5*1-5,12H,(H,13,14);. The minimum Gasteiger partial charge on any atom is -0.505 e. The van der Waals surface area contributed by atoms with Crippen molar-refractivity contribution in [2.24, 2.45) is 0 Å². The number of pyridine rings is 5. The number of fused-ring (bicyclic) bond motifs is 5. The molecule has 10 rings (SSSR count). The van der Waals surface area contributed by atoms with Crippen molar-refractivity contribution in [1.82, 2.24) is 24.9 Å². The number of benzene rings is 5. The maximum absolute atomic E-state index is 10.6. The van der Waals surface area contributed by atoms with Crippen molar-refractivity contribution in [3.05, 3.63) is 180 Å². The molecule has 0 fully saturated rings. The number of aromatic nitrogens is 5. The third kappa shape index (κ3) is 13.0. The van der Waals surface area contributed by atoms with Crippen molar-refractivity contribution in [3.8, 4) is 28.7 Å². The van der Waals surface area contributed by atoms with E-state index in [0.717, 1.165) is 26.9 Å². The summed E-state index contributed by atoms with van der Waals surface area (Å²) >= 11 is 0. The quantitative estimate of drug-likeness (QED) is 0.0726. The van der Waals surface area contributed by atoms with Gasteiger partial charge in [0.25, 0.3) is 0 Å². The molecule has 0 amide bonds. The zero-order valence-electron chi connectivity index (χ0n) is 36.1. The number of carboxylic acid groups (broad SMARTS) is 5. The average molecular weight is 1040 g/mol. The fourth-order valence-electron chi connectivity index (χ4n) is 6.31. The normalized spacial score (nSPS) is 10.1. The molecule has 0 aliphatic rings. The molecule has 10 aromatic rings. The third-order valence-corrected chi connectivity index (χ3v) is 9.53. The zero-order chi connectivity index (χ0) is 50.6. The first-order chi connectivity index (χ1) is 33.4. The average Bonchev–Trinajstić information content (AvgIpc) is 3.33. The molecule has 5 aromatic heterocycles. The topological polar surface area (TPSA) is 352 Å². The minimum absolute atomic E-state index is 0. The van der Waals surface area contributed by atoms with Crippen LogP contribution in [-0.4, -0.2) is 106 Å². The molecule has 0 saturated heterocycles. The molecule has 0 saturated carbocycles. The number of para-hydroxylation sites is 5. The van der Waals surface area contributed by atoms with Crippen LogP contribution >= 0.6 is 0 Å². The van der Waals surface area contributed by atoms with Gasteiger partial charge in [-0.2, -0.15) is 0 Å². The molecule has 5 heterocycles. The number of hydrogen-bond donors (Lipinski definition) is 10. The van der Waals surface area contributed by atoms with E-state index < -0.39 is 29.8 Å². The summed E-state index contributed by atoms with van der Waals surface area (Å²) < 4.78 is 0. The SMILES string of the molecule is O=C(O)c1nc2ccccc2cc1O.O=C(O)c1nc2ccccc2cc1O.O=C(O)c1nc2ccccc2cc1O.O=C(O)c1nc2ccccc2cc1O.O=C(O)c1nc2ccccc2cc1O.[Nb]. The molecular formula is C50H35N5NbO15. The Morgan fingerprint density at radius 1 is 0.268 bits per heavy atom. The van der Waals surface area contributed by atoms with Gasteiger partial charge in [0.2, 0.25) is 0 Å². The first-order valence-electron chi connectivity index (χ1n) is 20.0. The van der Waals surface area contributed by atoms with Crippen LogP contribution in [0.5, 0.6) is 28.7 Å². The van der Waals surface area contributed by atoms with Gasteiger partial charge in [0.05, 0.1) is 27.6 Å². The molecule has 0 bridgehead atoms. The predicted octanol–water partition coefficient (Wildman–Crippen LogP) is 8.19. The molecule has 0 aliphatic carbocycles. The first kappa shape index (κ1) is 52.2. The molecular weight excluding hydrogens is 1000 g/mol. The van der Waals surface area contributed by atoms with Gasteiger partial charge in [-0.05, 0) is 60.7 Å². The van der Waals surface area contributed by atoms with Crippen molar-refractivity contribution in [2.75, 3.05) is 0 Å². The van der Waals surface area contributed by atoms with Crippen LogP contribution in [0, 0.1) is 0 Å². The Bertz CT molecular complexity index is 3100. The van der Waals surface area contributed by atoms with Gasteiger partial charge in [-0.15, -0.1) is 0 Å². The molecule has 0 atom stereocenters. The van der Waals surface area contributed by atoms with E-state index in [9.17, 15) is 49.5 Å². The van der Waals surface area contributed by atoms with Crippen LogP contribution in [0.4, 0.5) is 0 Å². The van der Waals surface area contributed by atoms with Gasteiger partial charge in [-0.25, -0.2) is 48.9 Å². The van der Waals surface area contributed by atoms with Crippen molar-refractivity contribution in [1.29, 1.82) is 0 Å². The predicted molar refractivity (Wildman–Crippen MR) is 252 cm³/mol. The Balaban J connectivity index is 0.000000164. The zero-order valence-corrected chi connectivity index (χ0v) is 38.3. The molecule has 20 nitrogen and oxygen atoms in total. The Labute approximate surface area is 413 Å². The van der Waals surface area contributed by atoms with Crippen molar-refractivity contribution >= 4 is 84.4 Å². The van der Waals surface area contributed by atoms with Crippen LogP contribution in [0.3, 0.4) is 0 Å². The van der Waals surface area contributed by atoms with Crippen molar-refractivity contribution in [2.45, 2.75) is 0 Å². The number of nitrogens with zero attached hydrogens (tertiary/aromatic N) is 5. The molecule has 0 spiro atoms. The fourth-order valence-corrected chi connectivity index (χ4v) is 6.31. The summed E-state index contributed by atoms with van der Waals surface area (Å²) in [5.41, 5.74) is 1.21. The van der Waals surface area contributed by atoms with E-state index in [1.807, 2.05) is 0 Å². The summed E-state index contributed by atoms with van der Waals surface area (Å²) in [6.45, 7) is 0. The summed E-state index contributed by atoms with van der Waals surface area (Å²) in [6, 6.07) is 42.0. The van der Waals surface area contributed by atoms with E-state index in [0.29, 0.717) is 27.6 Å². The molecule has 355 valence electrons. The smallest absolute Gasteiger partial charge is 0.358 e. The number of aromatic hydroxyl groups is 5. The molecule has 0 aliphatic heterocycles. The van der Waals surface area contributed by atoms with E-state index in [1.165, 1.54) is 30.3 Å². The number of carboxylic acids is 5. The summed E-state index contributed by atoms with van der Waals surface area (Å²) in [5, 5.41) is 93.8. The summed E-state index contributed by atoms with van der Waals surface area (Å²) in [7, 11) is 0. The second-order valence-electron chi connectivity index (χ2n) is 14.3. The second kappa shape index (κ2) is 23.3. The molecule has 5 aromatic carbocycles. The van der Waals surface area contributed by atoms with Crippen molar-refractivity contribution in [3.63, 3.8) is 0 Å². The maximum Gasteiger partial charge on any atom is 0.358 e. The van der Waals surface area contributed by atoms with Gasteiger partial charge in [-0.3, -0.25) is 0 Å². The Hall–Kier alpha value is -9.76. The van der Waals surface area contributed by atoms with Crippen molar-refractivity contribution < 1.29 is 97.4 Å². The monoisotopic (exact) mass is 1040 g/mol. The van der Waals surface area contributed by atoms with Crippen LogP contribution in [0.15, 0.2) is 152 Å². The van der Waals surface area contributed by atoms with Gasteiger partial charge in [0.15, 0.2) is 28.5 Å². The third-order valence-electron chi connectivity index (χ3n) is 9.53. The Kier molecular flexibility index (Phi) is 17.1. The largest absolute Gasteiger partial charge is 0.505 e. The number of rotatable bonds is 5. The van der Waals surface area contributed by atoms with E-state index in [2.05, 4.69) is 24.9 Å². The second-order valence-corrected chi connectivity index (χ2v) is 14.3. The van der Waals surface area contributed by atoms with E-state index in [4.69, 9.17) is 25.5 Å². The molecule has 10 N–H and O–H groups in total. The van der Waals surface area contributed by atoms with Gasteiger partial charge in [0, 0.05) is 49.3 Å². The van der Waals surface area contributed by atoms with E-state index >= 15 is 0 Å². The molecule has 71 heavy (non-hydrogen) atoms. The summed E-state index contributed by atoms with van der Waals surface area (Å²) in [6.07, 6.45) is 0. The van der Waals surface area contributed by atoms with Crippen LogP contribution in [0.2, 0.25) is 0 Å². The van der Waals surface area contributed by atoms with E-state index in [1.54, 1.807) is 121 Å². The molecule has 21 heteroatoms. The Morgan fingerprint density at radius 3 is 0.549 bits per heavy atom. The van der Waals surface area contributed by atoms with E-state index in [-0.39, 0.29) is 79.6 Å². The fraction of sp³-hybridized carbons (Fsp3) is 0. The van der Waals surface area contributed by atoms with Gasteiger partial charge in [0.1, 0.15) is 28.7 Å². The van der Waals surface area contributed by atoms with Crippen LogP contribution in [0.1, 0.15) is 52.4 Å². The summed E-state index contributed by atoms with van der Waals surface area (Å²) in [5.74, 6) is -7.69. The van der Waals surface area contributed by atoms with Gasteiger partial charge >= 0.3 is 29.8 Å². The number of aromatic carboxylic acids is 5. The van der Waals surface area contributed by atoms with Crippen LogP contribution in [-0.2, 0) is 22.4 Å². The minimum atomic E-state index is -1.23. The van der Waals surface area contributed by atoms with Gasteiger partial charge < -0.3 is 51.1 Å². The summed E-state index contributed by atoms with van der Waals surface area (Å²) in [4.78, 5) is 72.3. The number of carbonyl (C=O) groups is 5.